The number of fused-ring (bicyclic) bond motifs is 5. The highest BCUT2D eigenvalue weighted by atomic mass is 16.7. The Morgan fingerprint density at radius 2 is 1.74 bits per heavy atom. The highest BCUT2D eigenvalue weighted by Crippen LogP contribution is 2.67. The van der Waals surface area contributed by atoms with E-state index in [4.69, 9.17) is 14.3 Å². The molecule has 0 saturated heterocycles. The Bertz CT molecular complexity index is 1050. The minimum atomic E-state index is -0.440. The molecule has 0 aromatic carbocycles. The molecule has 46 heavy (non-hydrogen) atoms. The molecule has 0 radical (unpaired) electrons. The fourth-order valence-electron chi connectivity index (χ4n) is 10.0. The van der Waals surface area contributed by atoms with Crippen molar-refractivity contribution in [2.75, 3.05) is 13.2 Å². The molecule has 0 spiro atoms. The molecule has 1 amide bonds. The summed E-state index contributed by atoms with van der Waals surface area (Å²) in [5.74, 6) is 4.53. The number of amides is 1. The van der Waals surface area contributed by atoms with Gasteiger partial charge in [-0.05, 0) is 125 Å². The van der Waals surface area contributed by atoms with Crippen LogP contribution in [0.2, 0.25) is 0 Å². The molecule has 0 bridgehead atoms. The summed E-state index contributed by atoms with van der Waals surface area (Å²) in [7, 11) is 0. The number of hydrogen-bond acceptors (Lipinski definition) is 6. The molecule has 0 aliphatic heterocycles. The molecule has 9 unspecified atom stereocenters. The Morgan fingerprint density at radius 1 is 0.978 bits per heavy atom. The van der Waals surface area contributed by atoms with E-state index >= 15 is 0 Å². The summed E-state index contributed by atoms with van der Waals surface area (Å²) < 4.78 is 11.6. The number of alkyl carbamates (subject to hydrolysis) is 1. The minimum absolute atomic E-state index is 0.0214. The van der Waals surface area contributed by atoms with Crippen molar-refractivity contribution in [3.8, 4) is 0 Å². The smallest absolute Gasteiger partial charge is 0.407 e. The number of allylic oxidation sites excluding steroid dienone is 1. The van der Waals surface area contributed by atoms with Crippen molar-refractivity contribution in [1.82, 2.24) is 10.8 Å². The average Bonchev–Trinajstić information content (AvgIpc) is 3.32. The van der Waals surface area contributed by atoms with E-state index in [0.717, 1.165) is 61.2 Å². The number of hydrogen-bond donors (Lipinski definition) is 2. The van der Waals surface area contributed by atoms with Crippen molar-refractivity contribution in [2.24, 2.45) is 46.3 Å². The van der Waals surface area contributed by atoms with Crippen LogP contribution in [0.3, 0.4) is 0 Å². The van der Waals surface area contributed by atoms with Gasteiger partial charge < -0.3 is 19.6 Å². The zero-order valence-electron chi connectivity index (χ0n) is 30.8. The Balaban J connectivity index is 1.20. The van der Waals surface area contributed by atoms with Gasteiger partial charge in [0.15, 0.2) is 0 Å². The van der Waals surface area contributed by atoms with Gasteiger partial charge in [0, 0.05) is 25.6 Å². The second-order valence-corrected chi connectivity index (χ2v) is 17.5. The van der Waals surface area contributed by atoms with Crippen LogP contribution in [0.5, 0.6) is 0 Å². The summed E-state index contributed by atoms with van der Waals surface area (Å²) in [6.07, 6.45) is 16.6. The van der Waals surface area contributed by atoms with Crippen LogP contribution in [0.15, 0.2) is 11.6 Å². The van der Waals surface area contributed by atoms with Crippen LogP contribution in [0, 0.1) is 46.3 Å². The molecule has 4 aliphatic carbocycles. The van der Waals surface area contributed by atoms with Gasteiger partial charge in [-0.25, -0.2) is 4.79 Å². The molecule has 0 aromatic heterocycles. The molecule has 3 fully saturated rings. The summed E-state index contributed by atoms with van der Waals surface area (Å²) in [5.41, 5.74) is 4.84. The second-order valence-electron chi connectivity index (χ2n) is 17.5. The maximum Gasteiger partial charge on any atom is 0.407 e. The molecule has 7 heteroatoms. The van der Waals surface area contributed by atoms with E-state index in [1.165, 1.54) is 56.9 Å². The maximum atomic E-state index is 12.6. The van der Waals surface area contributed by atoms with E-state index in [2.05, 4.69) is 51.5 Å². The van der Waals surface area contributed by atoms with Crippen LogP contribution in [0.25, 0.3) is 0 Å². The van der Waals surface area contributed by atoms with Crippen LogP contribution in [-0.4, -0.2) is 43.0 Å². The van der Waals surface area contributed by atoms with Crippen molar-refractivity contribution < 1.29 is 23.9 Å². The molecule has 264 valence electrons. The lowest BCUT2D eigenvalue weighted by molar-refractivity contribution is -0.153. The van der Waals surface area contributed by atoms with E-state index in [1.54, 1.807) is 0 Å². The lowest BCUT2D eigenvalue weighted by Crippen LogP contribution is -2.51. The lowest BCUT2D eigenvalue weighted by atomic mass is 9.47. The topological polar surface area (TPSA) is 85.9 Å². The summed E-state index contributed by atoms with van der Waals surface area (Å²) >= 11 is 0. The van der Waals surface area contributed by atoms with Gasteiger partial charge in [0.1, 0.15) is 6.10 Å². The van der Waals surface area contributed by atoms with Gasteiger partial charge >= 0.3 is 12.1 Å². The van der Waals surface area contributed by atoms with Crippen LogP contribution in [0.1, 0.15) is 146 Å². The van der Waals surface area contributed by atoms with E-state index in [0.29, 0.717) is 12.0 Å². The number of carbonyl (C=O) groups is 2. The largest absolute Gasteiger partial charge is 0.446 e. The van der Waals surface area contributed by atoms with Gasteiger partial charge in [-0.3, -0.25) is 4.79 Å². The zero-order chi connectivity index (χ0) is 33.7. The molecule has 2 N–H and O–H groups in total. The molecule has 9 atom stereocenters. The van der Waals surface area contributed by atoms with E-state index in [-0.39, 0.29) is 36.1 Å². The third-order valence-corrected chi connectivity index (χ3v) is 12.6. The third kappa shape index (κ3) is 9.30. The van der Waals surface area contributed by atoms with E-state index in [9.17, 15) is 9.59 Å². The van der Waals surface area contributed by atoms with Gasteiger partial charge in [-0.15, -0.1) is 0 Å². The highest BCUT2D eigenvalue weighted by Gasteiger charge is 2.59. The first-order chi connectivity index (χ1) is 21.6. The Morgan fingerprint density at radius 3 is 2.46 bits per heavy atom. The maximum absolute atomic E-state index is 12.6. The molecule has 0 aromatic rings. The standard InChI is InChI=1S/C39H68N2O5/c1-26(2)11-10-12-27(3)32-15-16-33-31-14-13-29-25-30(17-21-38(29,8)34(31)18-22-39(32,33)9)45-36(43)40-23-19-35(42)46-41-28(4)20-24-44-37(5,6)7/h13,26-28,30-34,41H,10-12,14-25H2,1-9H3,(H,40,43). The molecule has 0 heterocycles. The summed E-state index contributed by atoms with van der Waals surface area (Å²) in [6.45, 7) is 21.2. The number of carbonyl (C=O) groups excluding carboxylic acids is 2. The predicted molar refractivity (Wildman–Crippen MR) is 185 cm³/mol. The highest BCUT2D eigenvalue weighted by molar-refractivity contribution is 5.71. The first-order valence-electron chi connectivity index (χ1n) is 18.9. The normalized spacial score (nSPS) is 33.7. The van der Waals surface area contributed by atoms with Crippen LogP contribution in [0.4, 0.5) is 4.79 Å². The number of nitrogens with one attached hydrogen (secondary N) is 2. The van der Waals surface area contributed by atoms with Crippen molar-refractivity contribution in [2.45, 2.75) is 164 Å². The quantitative estimate of drug-likeness (QED) is 0.145. The molecule has 3 saturated carbocycles. The molecular weight excluding hydrogens is 576 g/mol. The first kappa shape index (κ1) is 37.2. The molecule has 4 aliphatic rings. The third-order valence-electron chi connectivity index (χ3n) is 12.6. The molecule has 7 nitrogen and oxygen atoms in total. The second kappa shape index (κ2) is 15.7. The predicted octanol–water partition coefficient (Wildman–Crippen LogP) is 9.15. The SMILES string of the molecule is CC(C)CCCC(C)C1CCC2C3CC=C4CC(OC(=O)NCCC(=O)ONC(C)CCOC(C)(C)C)CCC4(C)C3CCC12C. The molecule has 4 rings (SSSR count). The summed E-state index contributed by atoms with van der Waals surface area (Å²) in [6, 6.07) is -0.0214. The van der Waals surface area contributed by atoms with E-state index in [1.807, 2.05) is 27.7 Å². The van der Waals surface area contributed by atoms with Crippen LogP contribution < -0.4 is 10.8 Å². The minimum Gasteiger partial charge on any atom is -0.446 e. The van der Waals surface area contributed by atoms with Gasteiger partial charge in [-0.2, -0.15) is 5.48 Å². The fourth-order valence-corrected chi connectivity index (χ4v) is 10.0. The Hall–Kier alpha value is -1.60. The van der Waals surface area contributed by atoms with Crippen molar-refractivity contribution in [3.63, 3.8) is 0 Å². The fraction of sp³-hybridized carbons (Fsp3) is 0.897. The molecular formula is C39H68N2O5. The van der Waals surface area contributed by atoms with Crippen molar-refractivity contribution >= 4 is 12.1 Å². The summed E-state index contributed by atoms with van der Waals surface area (Å²) in [5, 5.41) is 2.76. The number of hydroxylamine groups is 1. The van der Waals surface area contributed by atoms with Crippen molar-refractivity contribution in [3.05, 3.63) is 11.6 Å². The average molecular weight is 645 g/mol. The summed E-state index contributed by atoms with van der Waals surface area (Å²) in [4.78, 5) is 29.9. The zero-order valence-corrected chi connectivity index (χ0v) is 30.8. The van der Waals surface area contributed by atoms with Crippen LogP contribution >= 0.6 is 0 Å². The monoisotopic (exact) mass is 645 g/mol. The van der Waals surface area contributed by atoms with Crippen LogP contribution in [-0.2, 0) is 19.1 Å². The Kier molecular flexibility index (Phi) is 12.7. The number of rotatable bonds is 14. The van der Waals surface area contributed by atoms with Gasteiger partial charge in [-0.1, -0.05) is 65.5 Å². The first-order valence-corrected chi connectivity index (χ1v) is 18.9. The van der Waals surface area contributed by atoms with Gasteiger partial charge in [0.25, 0.3) is 0 Å². The Labute approximate surface area is 281 Å². The van der Waals surface area contributed by atoms with Gasteiger partial charge in [0.2, 0.25) is 0 Å². The lowest BCUT2D eigenvalue weighted by Gasteiger charge is -2.58. The van der Waals surface area contributed by atoms with E-state index < -0.39 is 12.1 Å². The van der Waals surface area contributed by atoms with Gasteiger partial charge in [0.05, 0.1) is 12.0 Å². The van der Waals surface area contributed by atoms with Crippen molar-refractivity contribution in [1.29, 1.82) is 0 Å². The number of ether oxygens (including phenoxy) is 2.